The number of halogens is 3. The van der Waals surface area contributed by atoms with Gasteiger partial charge in [-0.3, -0.25) is 4.79 Å². The molecule has 0 spiro atoms. The topological polar surface area (TPSA) is 143 Å². The molecule has 12 heteroatoms. The molecule has 2 aromatic heterocycles. The van der Waals surface area contributed by atoms with Gasteiger partial charge in [0.1, 0.15) is 23.3 Å². The van der Waals surface area contributed by atoms with E-state index in [2.05, 4.69) is 32.7 Å². The predicted molar refractivity (Wildman–Crippen MR) is 157 cm³/mol. The number of hydrogen-bond acceptors (Lipinski definition) is 7. The summed E-state index contributed by atoms with van der Waals surface area (Å²) in [6.45, 7) is 0. The lowest BCUT2D eigenvalue weighted by Crippen LogP contribution is -2.21. The van der Waals surface area contributed by atoms with Crippen molar-refractivity contribution in [1.82, 2.24) is 9.97 Å². The monoisotopic (exact) mass is 585 g/mol. The third-order valence-electron chi connectivity index (χ3n) is 6.18. The maximum Gasteiger partial charge on any atom is 0.490 e. The number of amides is 1. The van der Waals surface area contributed by atoms with Crippen LogP contribution in [0.2, 0.25) is 0 Å². The Balaban J connectivity index is 0.000000472. The van der Waals surface area contributed by atoms with Crippen LogP contribution in [0.1, 0.15) is 10.4 Å². The number of furan rings is 1. The standard InChI is InChI=1S/C29H21N5O2.C2HF3O2/c30-19-10-8-18(9-11-19)29(35)34-21-14-12-20(13-15-21)33-27-16-25(31-17-32-27)24-6-3-5-23-22-4-1-2-7-26(22)36-28(23)24;3-2(4,5)1(6)7/h1-17H,30H2,(H,34,35)(H,31,32,33);(H,6,7). The molecule has 0 bridgehead atoms. The number of nitrogens with one attached hydrogen (secondary N) is 2. The Labute approximate surface area is 241 Å². The van der Waals surface area contributed by atoms with Crippen molar-refractivity contribution in [3.8, 4) is 11.3 Å². The van der Waals surface area contributed by atoms with Crippen molar-refractivity contribution in [2.75, 3.05) is 16.4 Å². The fourth-order valence-corrected chi connectivity index (χ4v) is 4.14. The van der Waals surface area contributed by atoms with Crippen LogP contribution in [-0.4, -0.2) is 33.1 Å². The van der Waals surface area contributed by atoms with Gasteiger partial charge >= 0.3 is 12.1 Å². The molecule has 0 aliphatic rings. The zero-order chi connectivity index (χ0) is 30.6. The van der Waals surface area contributed by atoms with E-state index in [1.807, 2.05) is 60.7 Å². The predicted octanol–water partition coefficient (Wildman–Crippen LogP) is 7.25. The van der Waals surface area contributed by atoms with Crippen molar-refractivity contribution in [3.63, 3.8) is 0 Å². The molecule has 1 amide bonds. The van der Waals surface area contributed by atoms with Gasteiger partial charge in [0.05, 0.1) is 5.69 Å². The molecular formula is C31H22F3N5O4. The third-order valence-corrected chi connectivity index (χ3v) is 6.18. The molecule has 4 aromatic carbocycles. The van der Waals surface area contributed by atoms with Crippen LogP contribution in [0.4, 0.5) is 36.1 Å². The van der Waals surface area contributed by atoms with Gasteiger partial charge in [-0.1, -0.05) is 30.3 Å². The number of alkyl halides is 3. The average Bonchev–Trinajstić information content (AvgIpc) is 3.37. The summed E-state index contributed by atoms with van der Waals surface area (Å²) >= 11 is 0. The van der Waals surface area contributed by atoms with Crippen molar-refractivity contribution in [2.45, 2.75) is 6.18 Å². The van der Waals surface area contributed by atoms with Crippen molar-refractivity contribution < 1.29 is 32.3 Å². The lowest BCUT2D eigenvalue weighted by Gasteiger charge is -2.09. The lowest BCUT2D eigenvalue weighted by atomic mass is 10.1. The summed E-state index contributed by atoms with van der Waals surface area (Å²) in [5, 5.41) is 15.4. The smallest absolute Gasteiger partial charge is 0.475 e. The number of anilines is 4. The summed E-state index contributed by atoms with van der Waals surface area (Å²) in [5.74, 6) is -2.31. The highest BCUT2D eigenvalue weighted by atomic mass is 19.4. The minimum atomic E-state index is -5.08. The molecule has 0 atom stereocenters. The maximum atomic E-state index is 12.4. The molecule has 0 unspecified atom stereocenters. The highest BCUT2D eigenvalue weighted by Crippen LogP contribution is 2.35. The first-order valence-corrected chi connectivity index (χ1v) is 12.7. The Morgan fingerprint density at radius 2 is 1.47 bits per heavy atom. The summed E-state index contributed by atoms with van der Waals surface area (Å²) in [4.78, 5) is 30.2. The second-order valence-electron chi connectivity index (χ2n) is 9.15. The first-order valence-electron chi connectivity index (χ1n) is 12.7. The second kappa shape index (κ2) is 11.9. The van der Waals surface area contributed by atoms with Crippen LogP contribution in [-0.2, 0) is 4.79 Å². The van der Waals surface area contributed by atoms with Crippen molar-refractivity contribution >= 4 is 56.7 Å². The van der Waals surface area contributed by atoms with Gasteiger partial charge in [0.2, 0.25) is 0 Å². The number of carboxylic acids is 1. The summed E-state index contributed by atoms with van der Waals surface area (Å²) in [6, 6.07) is 30.1. The quantitative estimate of drug-likeness (QED) is 0.155. The number of aliphatic carboxylic acids is 1. The van der Waals surface area contributed by atoms with Gasteiger partial charge in [-0.05, 0) is 60.7 Å². The van der Waals surface area contributed by atoms with E-state index in [0.717, 1.165) is 38.9 Å². The van der Waals surface area contributed by atoms with Gasteiger partial charge in [0.25, 0.3) is 5.91 Å². The Bertz CT molecular complexity index is 1920. The van der Waals surface area contributed by atoms with Gasteiger partial charge in [0.15, 0.2) is 0 Å². The number of rotatable bonds is 5. The maximum absolute atomic E-state index is 12.4. The number of aromatic nitrogens is 2. The highest BCUT2D eigenvalue weighted by molar-refractivity contribution is 6.09. The first kappa shape index (κ1) is 28.6. The number of nitrogens with zero attached hydrogens (tertiary/aromatic N) is 2. The molecule has 9 nitrogen and oxygen atoms in total. The molecular weight excluding hydrogens is 563 g/mol. The van der Waals surface area contributed by atoms with Crippen LogP contribution in [0.25, 0.3) is 33.2 Å². The Kier molecular flexibility index (Phi) is 7.92. The number of para-hydroxylation sites is 2. The van der Waals surface area contributed by atoms with Crippen molar-refractivity contribution in [2.24, 2.45) is 0 Å². The van der Waals surface area contributed by atoms with E-state index in [-0.39, 0.29) is 5.91 Å². The fourth-order valence-electron chi connectivity index (χ4n) is 4.14. The van der Waals surface area contributed by atoms with Crippen LogP contribution in [0, 0.1) is 0 Å². The van der Waals surface area contributed by atoms with Gasteiger partial charge in [-0.2, -0.15) is 13.2 Å². The number of carbonyl (C=O) groups excluding carboxylic acids is 1. The third kappa shape index (κ3) is 6.70. The zero-order valence-electron chi connectivity index (χ0n) is 22.1. The zero-order valence-corrected chi connectivity index (χ0v) is 22.1. The Morgan fingerprint density at radius 1 is 0.814 bits per heavy atom. The number of carbonyl (C=O) groups is 2. The van der Waals surface area contributed by atoms with E-state index in [1.165, 1.54) is 6.33 Å². The van der Waals surface area contributed by atoms with E-state index in [4.69, 9.17) is 20.1 Å². The van der Waals surface area contributed by atoms with Crippen molar-refractivity contribution in [1.29, 1.82) is 0 Å². The molecule has 6 rings (SSSR count). The molecule has 0 radical (unpaired) electrons. The van der Waals surface area contributed by atoms with E-state index >= 15 is 0 Å². The van der Waals surface area contributed by atoms with Gasteiger partial charge < -0.3 is 25.9 Å². The largest absolute Gasteiger partial charge is 0.490 e. The molecule has 0 fully saturated rings. The summed E-state index contributed by atoms with van der Waals surface area (Å²) in [5.41, 5.74) is 11.6. The molecule has 6 aromatic rings. The molecule has 0 aliphatic carbocycles. The lowest BCUT2D eigenvalue weighted by molar-refractivity contribution is -0.192. The van der Waals surface area contributed by atoms with Gasteiger partial charge in [-0.15, -0.1) is 0 Å². The number of fused-ring (bicyclic) bond motifs is 3. The number of nitrogen functional groups attached to an aromatic ring is 1. The normalized spacial score (nSPS) is 11.0. The van der Waals surface area contributed by atoms with Crippen LogP contribution in [0.3, 0.4) is 0 Å². The van der Waals surface area contributed by atoms with Gasteiger partial charge in [0, 0.05) is 45.0 Å². The van der Waals surface area contributed by atoms with Crippen LogP contribution >= 0.6 is 0 Å². The van der Waals surface area contributed by atoms with Gasteiger partial charge in [-0.25, -0.2) is 14.8 Å². The average molecular weight is 586 g/mol. The highest BCUT2D eigenvalue weighted by Gasteiger charge is 2.38. The molecule has 2 heterocycles. The summed E-state index contributed by atoms with van der Waals surface area (Å²) < 4.78 is 37.9. The van der Waals surface area contributed by atoms with Crippen LogP contribution in [0.5, 0.6) is 0 Å². The summed E-state index contributed by atoms with van der Waals surface area (Å²) in [7, 11) is 0. The molecule has 216 valence electrons. The first-order chi connectivity index (χ1) is 20.6. The molecule has 0 saturated carbocycles. The Morgan fingerprint density at radius 3 is 2.16 bits per heavy atom. The number of hydrogen-bond donors (Lipinski definition) is 4. The second-order valence-corrected chi connectivity index (χ2v) is 9.15. The SMILES string of the molecule is Nc1ccc(C(=O)Nc2ccc(Nc3cc(-c4cccc5c4oc4ccccc45)ncn3)cc2)cc1.O=C(O)C(F)(F)F. The van der Waals surface area contributed by atoms with E-state index in [0.29, 0.717) is 22.8 Å². The number of carboxylic acid groups (broad SMARTS) is 1. The van der Waals surface area contributed by atoms with Crippen LogP contribution < -0.4 is 16.4 Å². The molecule has 43 heavy (non-hydrogen) atoms. The van der Waals surface area contributed by atoms with E-state index in [1.54, 1.807) is 24.3 Å². The number of nitrogens with two attached hydrogens (primary N) is 1. The fraction of sp³-hybridized carbons (Fsp3) is 0.0323. The molecule has 0 aliphatic heterocycles. The molecule has 5 N–H and O–H groups in total. The van der Waals surface area contributed by atoms with Crippen molar-refractivity contribution in [3.05, 3.63) is 109 Å². The minimum absolute atomic E-state index is 0.198. The Hall–Kier alpha value is -5.91. The molecule has 0 saturated heterocycles. The van der Waals surface area contributed by atoms with E-state index in [9.17, 15) is 18.0 Å². The minimum Gasteiger partial charge on any atom is -0.475 e. The van der Waals surface area contributed by atoms with Crippen LogP contribution in [0.15, 0.2) is 108 Å². The summed E-state index contributed by atoms with van der Waals surface area (Å²) in [6.07, 6.45) is -3.56. The van der Waals surface area contributed by atoms with E-state index < -0.39 is 12.1 Å². The number of benzene rings is 4.